The molecule has 1 saturated heterocycles. The summed E-state index contributed by atoms with van der Waals surface area (Å²) in [7, 11) is 0. The highest BCUT2D eigenvalue weighted by Gasteiger charge is 2.27. The minimum absolute atomic E-state index is 0.0735. The molecule has 1 atom stereocenters. The van der Waals surface area contributed by atoms with E-state index in [-0.39, 0.29) is 18.2 Å². The van der Waals surface area contributed by atoms with Crippen molar-refractivity contribution in [2.24, 2.45) is 5.92 Å². The van der Waals surface area contributed by atoms with Crippen molar-refractivity contribution in [1.82, 2.24) is 4.90 Å². The van der Waals surface area contributed by atoms with Gasteiger partial charge < -0.3 is 14.4 Å². The molecule has 0 spiro atoms. The van der Waals surface area contributed by atoms with Gasteiger partial charge in [0, 0.05) is 25.1 Å². The molecule has 1 aliphatic rings. The summed E-state index contributed by atoms with van der Waals surface area (Å²) in [6, 6.07) is 1.86. The normalized spacial score (nSPS) is 19.1. The van der Waals surface area contributed by atoms with Crippen molar-refractivity contribution in [3.63, 3.8) is 0 Å². The number of aliphatic carboxylic acids is 1. The van der Waals surface area contributed by atoms with E-state index < -0.39 is 5.97 Å². The van der Waals surface area contributed by atoms with Crippen LogP contribution < -0.4 is 0 Å². The van der Waals surface area contributed by atoms with Gasteiger partial charge in [0.15, 0.2) is 5.76 Å². The number of piperidine rings is 1. The molecule has 0 bridgehead atoms. The van der Waals surface area contributed by atoms with E-state index in [1.807, 2.05) is 19.9 Å². The van der Waals surface area contributed by atoms with Crippen molar-refractivity contribution in [1.29, 1.82) is 0 Å². The molecule has 1 aromatic rings. The second kappa shape index (κ2) is 6.11. The molecule has 0 saturated carbocycles. The van der Waals surface area contributed by atoms with E-state index in [4.69, 9.17) is 9.52 Å². The highest BCUT2D eigenvalue weighted by molar-refractivity contribution is 5.93. The van der Waals surface area contributed by atoms with Crippen LogP contribution in [0.15, 0.2) is 10.5 Å². The van der Waals surface area contributed by atoms with Gasteiger partial charge in [-0.3, -0.25) is 9.59 Å². The SMILES string of the molecule is Cc1cc(C)c(C(=O)N2CCC[C@@H](CCC(=O)O)C2)o1. The quantitative estimate of drug-likeness (QED) is 0.919. The van der Waals surface area contributed by atoms with Gasteiger partial charge in [0.25, 0.3) is 5.91 Å². The van der Waals surface area contributed by atoms with Gasteiger partial charge in [0.1, 0.15) is 5.76 Å². The molecule has 2 rings (SSSR count). The van der Waals surface area contributed by atoms with Crippen LogP contribution in [-0.4, -0.2) is 35.0 Å². The standard InChI is InChI=1S/C15H21NO4/c1-10-8-11(2)20-14(10)15(19)16-7-3-4-12(9-16)5-6-13(17)18/h8,12H,3-7,9H2,1-2H3,(H,17,18)/t12-/m0/s1. The van der Waals surface area contributed by atoms with E-state index >= 15 is 0 Å². The van der Waals surface area contributed by atoms with Crippen LogP contribution in [0, 0.1) is 19.8 Å². The maximum atomic E-state index is 12.4. The third kappa shape index (κ3) is 3.40. The summed E-state index contributed by atoms with van der Waals surface area (Å²) in [5.74, 6) is 0.591. The molecule has 1 fully saturated rings. The summed E-state index contributed by atoms with van der Waals surface area (Å²) in [5, 5.41) is 8.74. The van der Waals surface area contributed by atoms with Crippen LogP contribution in [0.25, 0.3) is 0 Å². The molecule has 2 heterocycles. The fourth-order valence-electron chi connectivity index (χ4n) is 2.81. The molecule has 0 unspecified atom stereocenters. The molecular weight excluding hydrogens is 258 g/mol. The molecule has 20 heavy (non-hydrogen) atoms. The second-order valence-electron chi connectivity index (χ2n) is 5.56. The lowest BCUT2D eigenvalue weighted by Crippen LogP contribution is -2.40. The Bertz CT molecular complexity index is 506. The van der Waals surface area contributed by atoms with Crippen LogP contribution in [-0.2, 0) is 4.79 Å². The van der Waals surface area contributed by atoms with Crippen molar-refractivity contribution >= 4 is 11.9 Å². The summed E-state index contributed by atoms with van der Waals surface area (Å²) < 4.78 is 5.48. The smallest absolute Gasteiger partial charge is 0.303 e. The number of furan rings is 1. The van der Waals surface area contributed by atoms with Gasteiger partial charge in [0.05, 0.1) is 0 Å². The van der Waals surface area contributed by atoms with Crippen LogP contribution in [0.1, 0.15) is 47.6 Å². The third-order valence-corrected chi connectivity index (χ3v) is 3.81. The molecule has 1 aromatic heterocycles. The number of carboxylic acids is 1. The molecule has 5 heteroatoms. The van der Waals surface area contributed by atoms with E-state index in [1.54, 1.807) is 4.90 Å². The number of carbonyl (C=O) groups is 2. The van der Waals surface area contributed by atoms with Crippen LogP contribution in [0.3, 0.4) is 0 Å². The first-order valence-corrected chi connectivity index (χ1v) is 7.05. The summed E-state index contributed by atoms with van der Waals surface area (Å²) in [4.78, 5) is 24.9. The Kier molecular flexibility index (Phi) is 4.47. The highest BCUT2D eigenvalue weighted by Crippen LogP contribution is 2.24. The number of likely N-dealkylation sites (tertiary alicyclic amines) is 1. The van der Waals surface area contributed by atoms with Crippen molar-refractivity contribution < 1.29 is 19.1 Å². The fourth-order valence-corrected chi connectivity index (χ4v) is 2.81. The predicted octanol–water partition coefficient (Wildman–Crippen LogP) is 2.61. The van der Waals surface area contributed by atoms with Gasteiger partial charge in [-0.15, -0.1) is 0 Å². The zero-order chi connectivity index (χ0) is 14.7. The maximum absolute atomic E-state index is 12.4. The number of carboxylic acid groups (broad SMARTS) is 1. The first kappa shape index (κ1) is 14.6. The van der Waals surface area contributed by atoms with Crippen molar-refractivity contribution in [3.8, 4) is 0 Å². The summed E-state index contributed by atoms with van der Waals surface area (Å²) in [6.07, 6.45) is 2.73. The van der Waals surface area contributed by atoms with Gasteiger partial charge in [-0.05, 0) is 45.1 Å². The van der Waals surface area contributed by atoms with Gasteiger partial charge in [-0.2, -0.15) is 0 Å². The van der Waals surface area contributed by atoms with Crippen LogP contribution in [0.2, 0.25) is 0 Å². The molecule has 110 valence electrons. The Morgan fingerprint density at radius 2 is 2.20 bits per heavy atom. The van der Waals surface area contributed by atoms with Crippen LogP contribution in [0.4, 0.5) is 0 Å². The number of carbonyl (C=O) groups excluding carboxylic acids is 1. The average Bonchev–Trinajstić information content (AvgIpc) is 2.75. The van der Waals surface area contributed by atoms with E-state index in [0.717, 1.165) is 30.7 Å². The number of hydrogen-bond acceptors (Lipinski definition) is 3. The molecule has 5 nitrogen and oxygen atoms in total. The van der Waals surface area contributed by atoms with Crippen molar-refractivity contribution in [3.05, 3.63) is 23.2 Å². The molecule has 0 radical (unpaired) electrons. The number of aryl methyl sites for hydroxylation is 2. The highest BCUT2D eigenvalue weighted by atomic mass is 16.4. The second-order valence-corrected chi connectivity index (χ2v) is 5.56. The minimum Gasteiger partial charge on any atom is -0.481 e. The van der Waals surface area contributed by atoms with Gasteiger partial charge in [-0.25, -0.2) is 0 Å². The average molecular weight is 279 g/mol. The largest absolute Gasteiger partial charge is 0.481 e. The molecule has 0 aliphatic carbocycles. The summed E-state index contributed by atoms with van der Waals surface area (Å²) >= 11 is 0. The number of rotatable bonds is 4. The van der Waals surface area contributed by atoms with Crippen LogP contribution in [0.5, 0.6) is 0 Å². The van der Waals surface area contributed by atoms with Gasteiger partial charge >= 0.3 is 5.97 Å². The number of nitrogens with zero attached hydrogens (tertiary/aromatic N) is 1. The number of hydrogen-bond donors (Lipinski definition) is 1. The van der Waals surface area contributed by atoms with Gasteiger partial charge in [0.2, 0.25) is 0 Å². The van der Waals surface area contributed by atoms with Crippen molar-refractivity contribution in [2.45, 2.75) is 39.5 Å². The first-order chi connectivity index (χ1) is 9.47. The monoisotopic (exact) mass is 279 g/mol. The lowest BCUT2D eigenvalue weighted by atomic mass is 9.93. The Hall–Kier alpha value is -1.78. The van der Waals surface area contributed by atoms with E-state index in [9.17, 15) is 9.59 Å². The van der Waals surface area contributed by atoms with E-state index in [2.05, 4.69) is 0 Å². The van der Waals surface area contributed by atoms with Gasteiger partial charge in [-0.1, -0.05) is 0 Å². The Morgan fingerprint density at radius 3 is 2.80 bits per heavy atom. The topological polar surface area (TPSA) is 70.8 Å². The molecule has 1 amide bonds. The van der Waals surface area contributed by atoms with Crippen molar-refractivity contribution in [2.75, 3.05) is 13.1 Å². The molecule has 0 aromatic carbocycles. The lowest BCUT2D eigenvalue weighted by molar-refractivity contribution is -0.137. The summed E-state index contributed by atoms with van der Waals surface area (Å²) in [6.45, 7) is 5.05. The summed E-state index contributed by atoms with van der Waals surface area (Å²) in [5.41, 5.74) is 0.861. The molecular formula is C15H21NO4. The van der Waals surface area contributed by atoms with E-state index in [1.165, 1.54) is 0 Å². The zero-order valence-corrected chi connectivity index (χ0v) is 12.0. The van der Waals surface area contributed by atoms with E-state index in [0.29, 0.717) is 18.7 Å². The third-order valence-electron chi connectivity index (χ3n) is 3.81. The Balaban J connectivity index is 1.99. The zero-order valence-electron chi connectivity index (χ0n) is 12.0. The maximum Gasteiger partial charge on any atom is 0.303 e. The fraction of sp³-hybridized carbons (Fsp3) is 0.600. The number of amides is 1. The lowest BCUT2D eigenvalue weighted by Gasteiger charge is -2.32. The molecule has 1 aliphatic heterocycles. The molecule has 1 N–H and O–H groups in total. The Labute approximate surface area is 118 Å². The predicted molar refractivity (Wildman–Crippen MR) is 73.7 cm³/mol. The first-order valence-electron chi connectivity index (χ1n) is 7.05. The van der Waals surface area contributed by atoms with Crippen LogP contribution >= 0.6 is 0 Å². The minimum atomic E-state index is -0.772. The Morgan fingerprint density at radius 1 is 1.45 bits per heavy atom.